The van der Waals surface area contributed by atoms with Crippen LogP contribution in [0.2, 0.25) is 0 Å². The fourth-order valence-corrected chi connectivity index (χ4v) is 2.98. The van der Waals surface area contributed by atoms with Crippen LogP contribution in [0.15, 0.2) is 0 Å². The Kier molecular flexibility index (Phi) is 2.45. The molecule has 0 aromatic rings. The summed E-state index contributed by atoms with van der Waals surface area (Å²) < 4.78 is 36.6. The first-order valence-corrected chi connectivity index (χ1v) is 5.65. The van der Waals surface area contributed by atoms with E-state index in [0.717, 1.165) is 0 Å². The molecule has 5 heteroatoms. The van der Waals surface area contributed by atoms with Gasteiger partial charge in [0.25, 0.3) is 0 Å². The van der Waals surface area contributed by atoms with Crippen LogP contribution >= 0.6 is 0 Å². The van der Waals surface area contributed by atoms with Gasteiger partial charge < -0.3 is 0 Å². The number of sulfonamides is 1. The van der Waals surface area contributed by atoms with Crippen molar-refractivity contribution >= 4 is 10.0 Å². The molecule has 0 radical (unpaired) electrons. The van der Waals surface area contributed by atoms with E-state index >= 15 is 0 Å². The lowest BCUT2D eigenvalue weighted by molar-refractivity contribution is 0.0398. The normalized spacial score (nSPS) is 23.6. The number of rotatable bonds is 3. The van der Waals surface area contributed by atoms with Crippen LogP contribution in [0.3, 0.4) is 0 Å². The molecule has 12 heavy (non-hydrogen) atoms. The molecule has 0 N–H and O–H groups in total. The van der Waals surface area contributed by atoms with Gasteiger partial charge in [0, 0.05) is 13.1 Å². The van der Waals surface area contributed by atoms with Crippen LogP contribution in [0.5, 0.6) is 0 Å². The minimum absolute atomic E-state index is 0.0231. The Balaban J connectivity index is 2.53. The van der Waals surface area contributed by atoms with Crippen molar-refractivity contribution < 1.29 is 12.8 Å². The molecule has 0 aromatic heterocycles. The first-order valence-electron chi connectivity index (χ1n) is 4.04. The van der Waals surface area contributed by atoms with E-state index in [2.05, 4.69) is 0 Å². The van der Waals surface area contributed by atoms with Crippen molar-refractivity contribution in [2.75, 3.05) is 18.8 Å². The minimum Gasteiger partial charge on any atom is -0.241 e. The molecule has 0 unspecified atom stereocenters. The Morgan fingerprint density at radius 2 is 2.00 bits per heavy atom. The zero-order chi connectivity index (χ0) is 9.41. The quantitative estimate of drug-likeness (QED) is 0.667. The molecule has 0 aliphatic carbocycles. The van der Waals surface area contributed by atoms with Gasteiger partial charge in [0.15, 0.2) is 0 Å². The highest BCUT2D eigenvalue weighted by atomic mass is 32.2. The highest BCUT2D eigenvalue weighted by Gasteiger charge is 2.44. The highest BCUT2D eigenvalue weighted by molar-refractivity contribution is 7.89. The molecule has 1 heterocycles. The van der Waals surface area contributed by atoms with E-state index in [0.29, 0.717) is 6.42 Å². The largest absolute Gasteiger partial charge is 0.241 e. The smallest absolute Gasteiger partial charge is 0.214 e. The molecular weight excluding hydrogens is 181 g/mol. The van der Waals surface area contributed by atoms with Crippen LogP contribution in [0.4, 0.5) is 4.39 Å². The van der Waals surface area contributed by atoms with E-state index in [1.54, 1.807) is 6.92 Å². The van der Waals surface area contributed by atoms with Crippen molar-refractivity contribution in [3.8, 4) is 0 Å². The molecule has 3 nitrogen and oxygen atoms in total. The van der Waals surface area contributed by atoms with E-state index in [4.69, 9.17) is 0 Å². The van der Waals surface area contributed by atoms with E-state index in [1.165, 1.54) is 11.2 Å². The molecule has 1 aliphatic heterocycles. The lowest BCUT2D eigenvalue weighted by Crippen LogP contribution is -2.59. The molecule has 72 valence electrons. The first kappa shape index (κ1) is 9.92. The summed E-state index contributed by atoms with van der Waals surface area (Å²) in [6.45, 7) is 3.27. The van der Waals surface area contributed by atoms with Crippen LogP contribution in [0, 0.1) is 0 Å². The highest BCUT2D eigenvalue weighted by Crippen LogP contribution is 2.27. The summed E-state index contributed by atoms with van der Waals surface area (Å²) in [5.41, 5.74) is -1.30. The summed E-state index contributed by atoms with van der Waals surface area (Å²) in [7, 11) is -3.15. The van der Waals surface area contributed by atoms with Gasteiger partial charge in [-0.1, -0.05) is 6.92 Å². The number of halogens is 1. The molecule has 0 spiro atoms. The number of hydrogen-bond acceptors (Lipinski definition) is 2. The van der Waals surface area contributed by atoms with Gasteiger partial charge in [-0.05, 0) is 13.3 Å². The zero-order valence-electron chi connectivity index (χ0n) is 7.38. The maximum absolute atomic E-state index is 12.9. The van der Waals surface area contributed by atoms with Gasteiger partial charge >= 0.3 is 0 Å². The van der Waals surface area contributed by atoms with Crippen molar-refractivity contribution in [3.05, 3.63) is 0 Å². The molecule has 0 aromatic carbocycles. The van der Waals surface area contributed by atoms with Crippen LogP contribution in [0.1, 0.15) is 20.3 Å². The van der Waals surface area contributed by atoms with Gasteiger partial charge in [-0.25, -0.2) is 12.8 Å². The van der Waals surface area contributed by atoms with Gasteiger partial charge in [-0.15, -0.1) is 0 Å². The molecule has 1 rings (SSSR count). The summed E-state index contributed by atoms with van der Waals surface area (Å²) in [4.78, 5) is 0. The summed E-state index contributed by atoms with van der Waals surface area (Å²) in [5.74, 6) is 0.128. The van der Waals surface area contributed by atoms with Crippen LogP contribution in [-0.4, -0.2) is 37.2 Å². The first-order chi connectivity index (χ1) is 5.37. The summed E-state index contributed by atoms with van der Waals surface area (Å²) in [5, 5.41) is 0. The fourth-order valence-electron chi connectivity index (χ4n) is 1.27. The predicted octanol–water partition coefficient (Wildman–Crippen LogP) is 0.770. The SMILES string of the molecule is CCCS(=O)(=O)N1CC(C)(F)C1. The summed E-state index contributed by atoms with van der Waals surface area (Å²) >= 11 is 0. The van der Waals surface area contributed by atoms with Gasteiger partial charge in [-0.3, -0.25) is 0 Å². The molecule has 1 aliphatic rings. The topological polar surface area (TPSA) is 37.4 Å². The number of alkyl halides is 1. The van der Waals surface area contributed by atoms with E-state index in [9.17, 15) is 12.8 Å². The Bertz CT molecular complexity index is 253. The molecule has 0 amide bonds. The Morgan fingerprint density at radius 1 is 1.50 bits per heavy atom. The third-order valence-corrected chi connectivity index (χ3v) is 3.84. The predicted molar refractivity (Wildman–Crippen MR) is 45.2 cm³/mol. The van der Waals surface area contributed by atoms with Crippen LogP contribution < -0.4 is 0 Å². The van der Waals surface area contributed by atoms with Gasteiger partial charge in [0.2, 0.25) is 10.0 Å². The average molecular weight is 195 g/mol. The lowest BCUT2D eigenvalue weighted by atomic mass is 10.0. The van der Waals surface area contributed by atoms with E-state index in [1.807, 2.05) is 0 Å². The van der Waals surface area contributed by atoms with Crippen molar-refractivity contribution in [2.45, 2.75) is 25.9 Å². The van der Waals surface area contributed by atoms with Crippen LogP contribution in [0.25, 0.3) is 0 Å². The second kappa shape index (κ2) is 2.96. The Labute approximate surface area is 72.6 Å². The fraction of sp³-hybridized carbons (Fsp3) is 1.00. The zero-order valence-corrected chi connectivity index (χ0v) is 8.19. The van der Waals surface area contributed by atoms with Gasteiger partial charge in [0.1, 0.15) is 5.67 Å². The molecule has 0 atom stereocenters. The average Bonchev–Trinajstić information content (AvgIpc) is 1.82. The monoisotopic (exact) mass is 195 g/mol. The standard InChI is InChI=1S/C7H14FNO2S/c1-3-4-12(10,11)9-5-7(2,8)6-9/h3-6H2,1-2H3. The Hall–Kier alpha value is -0.160. The second-order valence-electron chi connectivity index (χ2n) is 3.50. The molecule has 1 fully saturated rings. The van der Waals surface area contributed by atoms with Gasteiger partial charge in [0.05, 0.1) is 5.75 Å². The van der Waals surface area contributed by atoms with Crippen molar-refractivity contribution in [2.24, 2.45) is 0 Å². The summed E-state index contributed by atoms with van der Waals surface area (Å²) in [6.07, 6.45) is 0.585. The van der Waals surface area contributed by atoms with Gasteiger partial charge in [-0.2, -0.15) is 4.31 Å². The third-order valence-electron chi connectivity index (χ3n) is 1.87. The van der Waals surface area contributed by atoms with Crippen LogP contribution in [-0.2, 0) is 10.0 Å². The van der Waals surface area contributed by atoms with Crippen molar-refractivity contribution in [3.63, 3.8) is 0 Å². The van der Waals surface area contributed by atoms with E-state index < -0.39 is 15.7 Å². The molecular formula is C7H14FNO2S. The number of nitrogens with zero attached hydrogens (tertiary/aromatic N) is 1. The van der Waals surface area contributed by atoms with Crippen molar-refractivity contribution in [1.29, 1.82) is 0 Å². The lowest BCUT2D eigenvalue weighted by Gasteiger charge is -2.40. The molecule has 1 saturated heterocycles. The maximum Gasteiger partial charge on any atom is 0.214 e. The maximum atomic E-state index is 12.9. The summed E-state index contributed by atoms with van der Waals surface area (Å²) in [6, 6.07) is 0. The van der Waals surface area contributed by atoms with E-state index in [-0.39, 0.29) is 18.8 Å². The molecule has 0 saturated carbocycles. The molecule has 0 bridgehead atoms. The van der Waals surface area contributed by atoms with Crippen molar-refractivity contribution in [1.82, 2.24) is 4.31 Å². The minimum atomic E-state index is -3.15. The Morgan fingerprint density at radius 3 is 2.33 bits per heavy atom. The number of hydrogen-bond donors (Lipinski definition) is 0. The second-order valence-corrected chi connectivity index (χ2v) is 5.59. The third kappa shape index (κ3) is 1.95.